The summed E-state index contributed by atoms with van der Waals surface area (Å²) in [5.74, 6) is 0. The summed E-state index contributed by atoms with van der Waals surface area (Å²) in [6.07, 6.45) is 1.90. The molecule has 2 heteroatoms. The number of thiophene rings is 1. The second-order valence-electron chi connectivity index (χ2n) is 12.1. The van der Waals surface area contributed by atoms with E-state index in [4.69, 9.17) is 4.42 Å². The Balaban J connectivity index is 1.22. The molecule has 0 bridgehead atoms. The highest BCUT2D eigenvalue weighted by Crippen LogP contribution is 2.46. The van der Waals surface area contributed by atoms with Crippen LogP contribution in [0.1, 0.15) is 0 Å². The molecule has 0 N–H and O–H groups in total. The van der Waals surface area contributed by atoms with E-state index in [1.165, 1.54) is 80.3 Å². The topological polar surface area (TPSA) is 13.1 Å². The fraction of sp³-hybridized carbons (Fsp3) is 0. The van der Waals surface area contributed by atoms with Crippen LogP contribution in [0, 0.1) is 0 Å². The van der Waals surface area contributed by atoms with Crippen molar-refractivity contribution in [3.63, 3.8) is 0 Å². The van der Waals surface area contributed by atoms with Crippen molar-refractivity contribution in [2.45, 2.75) is 0 Å². The highest BCUT2D eigenvalue weighted by molar-refractivity contribution is 7.25. The normalized spacial score (nSPS) is 11.9. The molecule has 46 heavy (non-hydrogen) atoms. The van der Waals surface area contributed by atoms with E-state index in [9.17, 15) is 0 Å². The lowest BCUT2D eigenvalue weighted by molar-refractivity contribution is 0.617. The van der Waals surface area contributed by atoms with Gasteiger partial charge in [0.05, 0.1) is 6.26 Å². The van der Waals surface area contributed by atoms with Gasteiger partial charge in [-0.05, 0) is 90.5 Å². The van der Waals surface area contributed by atoms with Crippen LogP contribution in [0.15, 0.2) is 162 Å². The Morgan fingerprint density at radius 2 is 0.957 bits per heavy atom. The maximum absolute atomic E-state index is 6.15. The van der Waals surface area contributed by atoms with E-state index in [-0.39, 0.29) is 0 Å². The van der Waals surface area contributed by atoms with Gasteiger partial charge in [0.25, 0.3) is 0 Å². The molecule has 0 aliphatic heterocycles. The molecule has 1 nitrogen and oxygen atoms in total. The monoisotopic (exact) mass is 602 g/mol. The highest BCUT2D eigenvalue weighted by Gasteiger charge is 2.18. The van der Waals surface area contributed by atoms with E-state index in [0.717, 1.165) is 16.5 Å². The predicted molar refractivity (Wildman–Crippen MR) is 198 cm³/mol. The average molecular weight is 603 g/mol. The molecule has 10 aromatic rings. The van der Waals surface area contributed by atoms with E-state index in [0.29, 0.717) is 0 Å². The molecule has 8 aromatic carbocycles. The quantitative estimate of drug-likeness (QED) is 0.183. The summed E-state index contributed by atoms with van der Waals surface area (Å²) in [6, 6.07) is 55.3. The van der Waals surface area contributed by atoms with Crippen molar-refractivity contribution in [1.82, 2.24) is 0 Å². The van der Waals surface area contributed by atoms with Gasteiger partial charge < -0.3 is 4.42 Å². The second kappa shape index (κ2) is 9.90. The molecule has 214 valence electrons. The molecule has 0 saturated carbocycles. The van der Waals surface area contributed by atoms with E-state index < -0.39 is 0 Å². The zero-order valence-corrected chi connectivity index (χ0v) is 25.6. The van der Waals surface area contributed by atoms with Gasteiger partial charge in [-0.25, -0.2) is 0 Å². The summed E-state index contributed by atoms with van der Waals surface area (Å²) in [7, 11) is 0. The number of benzene rings is 8. The lowest BCUT2D eigenvalue weighted by Crippen LogP contribution is -1.91. The molecule has 10 rings (SSSR count). The standard InChI is InChI=1S/C44H26OS/c1-2-11-28(12-3-1)39-26-45-40-24-38-37-23-31(20-21-41(37)46-42(38)25-36(39)40)44-34-16-8-6-14-32(34)43(33-15-7-9-17-35(33)44)30-19-18-27-10-4-5-13-29(27)22-30/h1-26H. The summed E-state index contributed by atoms with van der Waals surface area (Å²) in [5, 5.41) is 11.3. The van der Waals surface area contributed by atoms with E-state index in [1.54, 1.807) is 0 Å². The molecule has 2 heterocycles. The number of furan rings is 1. The van der Waals surface area contributed by atoms with E-state index in [2.05, 4.69) is 152 Å². The van der Waals surface area contributed by atoms with Crippen LogP contribution < -0.4 is 0 Å². The molecular weight excluding hydrogens is 577 g/mol. The first-order chi connectivity index (χ1) is 22.8. The first-order valence-corrected chi connectivity index (χ1v) is 16.5. The van der Waals surface area contributed by atoms with Gasteiger partial charge in [0.2, 0.25) is 0 Å². The van der Waals surface area contributed by atoms with Gasteiger partial charge in [-0.15, -0.1) is 11.3 Å². The maximum atomic E-state index is 6.15. The maximum Gasteiger partial charge on any atom is 0.135 e. The molecular formula is C44H26OS. The molecule has 0 unspecified atom stereocenters. The number of hydrogen-bond acceptors (Lipinski definition) is 2. The third-order valence-electron chi connectivity index (χ3n) is 9.51. The van der Waals surface area contributed by atoms with Crippen LogP contribution in [-0.4, -0.2) is 0 Å². The van der Waals surface area contributed by atoms with Crippen molar-refractivity contribution in [2.24, 2.45) is 0 Å². The fourth-order valence-corrected chi connectivity index (χ4v) is 8.50. The number of rotatable bonds is 3. The van der Waals surface area contributed by atoms with Gasteiger partial charge in [-0.3, -0.25) is 0 Å². The minimum Gasteiger partial charge on any atom is -0.464 e. The first kappa shape index (κ1) is 25.6. The molecule has 0 aliphatic carbocycles. The average Bonchev–Trinajstić information content (AvgIpc) is 3.70. The van der Waals surface area contributed by atoms with Gasteiger partial charge in [-0.1, -0.05) is 121 Å². The first-order valence-electron chi connectivity index (χ1n) is 15.7. The molecule has 0 aliphatic rings. The third-order valence-corrected chi connectivity index (χ3v) is 10.6. The Kier molecular flexibility index (Phi) is 5.51. The molecule has 0 saturated heterocycles. The SMILES string of the molecule is c1ccc(-c2coc3cc4c(cc23)sc2ccc(-c3c5ccccc5c(-c5ccc6ccccc6c5)c5ccccc35)cc24)cc1. The Morgan fingerprint density at radius 1 is 0.370 bits per heavy atom. The molecule has 0 radical (unpaired) electrons. The summed E-state index contributed by atoms with van der Waals surface area (Å²) < 4.78 is 8.71. The largest absolute Gasteiger partial charge is 0.464 e. The second-order valence-corrected chi connectivity index (χ2v) is 13.2. The predicted octanol–water partition coefficient (Wildman–Crippen LogP) is 13.3. The zero-order chi connectivity index (χ0) is 30.2. The van der Waals surface area contributed by atoms with Crippen LogP contribution >= 0.6 is 11.3 Å². The fourth-order valence-electron chi connectivity index (χ4n) is 7.39. The summed E-state index contributed by atoms with van der Waals surface area (Å²) >= 11 is 1.85. The Bertz CT molecular complexity index is 2740. The van der Waals surface area contributed by atoms with Crippen molar-refractivity contribution in [1.29, 1.82) is 0 Å². The Hall–Kier alpha value is -5.70. The molecule has 0 fully saturated rings. The summed E-state index contributed by atoms with van der Waals surface area (Å²) in [4.78, 5) is 0. The van der Waals surface area contributed by atoms with E-state index >= 15 is 0 Å². The van der Waals surface area contributed by atoms with Crippen molar-refractivity contribution < 1.29 is 4.42 Å². The van der Waals surface area contributed by atoms with Crippen molar-refractivity contribution >= 4 is 74.8 Å². The van der Waals surface area contributed by atoms with Crippen LogP contribution in [0.2, 0.25) is 0 Å². The van der Waals surface area contributed by atoms with Crippen molar-refractivity contribution in [3.05, 3.63) is 158 Å². The zero-order valence-electron chi connectivity index (χ0n) is 24.8. The minimum absolute atomic E-state index is 0.923. The minimum atomic E-state index is 0.923. The van der Waals surface area contributed by atoms with Gasteiger partial charge in [0.15, 0.2) is 0 Å². The Labute approximate surface area is 269 Å². The molecule has 0 amide bonds. The van der Waals surface area contributed by atoms with E-state index in [1.807, 2.05) is 17.6 Å². The van der Waals surface area contributed by atoms with Crippen LogP contribution in [0.4, 0.5) is 0 Å². The van der Waals surface area contributed by atoms with Gasteiger partial charge in [0, 0.05) is 31.1 Å². The van der Waals surface area contributed by atoms with Crippen molar-refractivity contribution in [2.75, 3.05) is 0 Å². The van der Waals surface area contributed by atoms with Crippen LogP contribution in [-0.2, 0) is 0 Å². The smallest absolute Gasteiger partial charge is 0.135 e. The molecule has 0 spiro atoms. The van der Waals surface area contributed by atoms with Crippen LogP contribution in [0.25, 0.3) is 96.8 Å². The molecule has 0 atom stereocenters. The number of fused-ring (bicyclic) bond motifs is 7. The summed E-state index contributed by atoms with van der Waals surface area (Å²) in [5.41, 5.74) is 8.28. The lowest BCUT2D eigenvalue weighted by atomic mass is 9.85. The van der Waals surface area contributed by atoms with Gasteiger partial charge in [-0.2, -0.15) is 0 Å². The van der Waals surface area contributed by atoms with Crippen LogP contribution in [0.3, 0.4) is 0 Å². The summed E-state index contributed by atoms with van der Waals surface area (Å²) in [6.45, 7) is 0. The molecule has 2 aromatic heterocycles. The Morgan fingerprint density at radius 3 is 1.67 bits per heavy atom. The third kappa shape index (κ3) is 3.81. The van der Waals surface area contributed by atoms with Crippen LogP contribution in [0.5, 0.6) is 0 Å². The lowest BCUT2D eigenvalue weighted by Gasteiger charge is -2.18. The van der Waals surface area contributed by atoms with Gasteiger partial charge >= 0.3 is 0 Å². The van der Waals surface area contributed by atoms with Gasteiger partial charge in [0.1, 0.15) is 5.58 Å². The highest BCUT2D eigenvalue weighted by atomic mass is 32.1. The number of hydrogen-bond donors (Lipinski definition) is 0. The van der Waals surface area contributed by atoms with Crippen molar-refractivity contribution in [3.8, 4) is 33.4 Å².